The van der Waals surface area contributed by atoms with Gasteiger partial charge in [-0.3, -0.25) is 10.1 Å². The molecule has 0 aliphatic carbocycles. The van der Waals surface area contributed by atoms with E-state index in [0.717, 1.165) is 4.88 Å². The topological polar surface area (TPSA) is 113 Å². The number of thiophene rings is 1. The third kappa shape index (κ3) is 3.47. The highest BCUT2D eigenvalue weighted by atomic mass is 32.1. The number of carbonyl (C=O) groups is 3. The third-order valence-corrected chi connectivity index (χ3v) is 3.96. The van der Waals surface area contributed by atoms with E-state index >= 15 is 0 Å². The molecule has 0 bridgehead atoms. The number of aromatic carboxylic acids is 1. The summed E-state index contributed by atoms with van der Waals surface area (Å²) in [5.74, 6) is -1.72. The van der Waals surface area contributed by atoms with Gasteiger partial charge in [0.2, 0.25) is 5.91 Å². The molecule has 3 amide bonds. The van der Waals surface area contributed by atoms with Gasteiger partial charge in [-0.25, -0.2) is 9.59 Å². The summed E-state index contributed by atoms with van der Waals surface area (Å²) in [5.41, 5.74) is 5.76. The smallest absolute Gasteiger partial charge is 0.338 e. The number of amides is 3. The van der Waals surface area contributed by atoms with Crippen LogP contribution in [0.25, 0.3) is 0 Å². The number of rotatable bonds is 5. The maximum absolute atomic E-state index is 12.0. The van der Waals surface area contributed by atoms with Crippen molar-refractivity contribution in [1.82, 2.24) is 4.90 Å². The van der Waals surface area contributed by atoms with E-state index in [0.29, 0.717) is 12.1 Å². The number of nitrogens with one attached hydrogen (secondary N) is 1. The first-order valence-corrected chi connectivity index (χ1v) is 6.77. The fourth-order valence-electron chi connectivity index (χ4n) is 1.66. The van der Waals surface area contributed by atoms with Gasteiger partial charge < -0.3 is 15.7 Å². The van der Waals surface area contributed by atoms with Crippen LogP contribution in [0, 0.1) is 13.8 Å². The van der Waals surface area contributed by atoms with Crippen molar-refractivity contribution in [2.75, 3.05) is 18.4 Å². The van der Waals surface area contributed by atoms with Crippen LogP contribution in [0.5, 0.6) is 0 Å². The fraction of sp³-hybridized carbons (Fsp3) is 0.417. The van der Waals surface area contributed by atoms with Gasteiger partial charge in [0.25, 0.3) is 0 Å². The zero-order chi connectivity index (χ0) is 15.4. The predicted molar refractivity (Wildman–Crippen MR) is 76.2 cm³/mol. The maximum atomic E-state index is 12.0. The standard InChI is InChI=1S/C12H17N3O4S/c1-4-15(5-8(13)16)12(19)14-10-9(11(17)18)6(2)7(3)20-10/h4-5H2,1-3H3,(H2,13,16)(H,14,19)(H,17,18). The summed E-state index contributed by atoms with van der Waals surface area (Å²) < 4.78 is 0. The highest BCUT2D eigenvalue weighted by molar-refractivity contribution is 7.16. The number of urea groups is 1. The van der Waals surface area contributed by atoms with Crippen molar-refractivity contribution in [1.29, 1.82) is 0 Å². The van der Waals surface area contributed by atoms with Crippen LogP contribution < -0.4 is 11.1 Å². The second-order valence-electron chi connectivity index (χ2n) is 4.20. The second-order valence-corrected chi connectivity index (χ2v) is 5.43. The van der Waals surface area contributed by atoms with E-state index in [1.807, 2.05) is 0 Å². The van der Waals surface area contributed by atoms with Gasteiger partial charge in [0.15, 0.2) is 0 Å². The third-order valence-electron chi connectivity index (χ3n) is 2.84. The monoisotopic (exact) mass is 299 g/mol. The molecular formula is C12H17N3O4S. The Labute approximate surface area is 120 Å². The van der Waals surface area contributed by atoms with Crippen molar-refractivity contribution >= 4 is 34.2 Å². The highest BCUT2D eigenvalue weighted by Crippen LogP contribution is 2.32. The number of aryl methyl sites for hydroxylation is 1. The number of carboxylic acid groups (broad SMARTS) is 1. The average Bonchev–Trinajstić information content (AvgIpc) is 2.61. The molecule has 0 aliphatic heterocycles. The first kappa shape index (κ1) is 16.0. The number of primary amides is 1. The second kappa shape index (κ2) is 6.38. The van der Waals surface area contributed by atoms with Crippen molar-refractivity contribution in [3.05, 3.63) is 16.0 Å². The number of nitrogens with zero attached hydrogens (tertiary/aromatic N) is 1. The molecule has 1 aromatic heterocycles. The first-order chi connectivity index (χ1) is 9.27. The minimum Gasteiger partial charge on any atom is -0.478 e. The predicted octanol–water partition coefficient (Wildman–Crippen LogP) is 1.40. The summed E-state index contributed by atoms with van der Waals surface area (Å²) in [6.45, 7) is 5.25. The zero-order valence-electron chi connectivity index (χ0n) is 11.5. The van der Waals surface area contributed by atoms with Crippen LogP contribution in [-0.4, -0.2) is 41.0 Å². The van der Waals surface area contributed by atoms with Gasteiger partial charge in [0.05, 0.1) is 5.56 Å². The Morgan fingerprint density at radius 2 is 1.95 bits per heavy atom. The molecule has 0 fully saturated rings. The van der Waals surface area contributed by atoms with Gasteiger partial charge in [0.1, 0.15) is 11.5 Å². The van der Waals surface area contributed by atoms with Gasteiger partial charge in [-0.05, 0) is 26.3 Å². The molecule has 0 saturated carbocycles. The average molecular weight is 299 g/mol. The summed E-state index contributed by atoms with van der Waals surface area (Å²) in [6.07, 6.45) is 0. The Morgan fingerprint density at radius 1 is 1.35 bits per heavy atom. The minimum absolute atomic E-state index is 0.0796. The summed E-state index contributed by atoms with van der Waals surface area (Å²) in [6, 6.07) is -0.546. The number of hydrogen-bond acceptors (Lipinski definition) is 4. The molecular weight excluding hydrogens is 282 g/mol. The Bertz CT molecular complexity index is 553. The van der Waals surface area contributed by atoms with Crippen LogP contribution in [0.2, 0.25) is 0 Å². The van der Waals surface area contributed by atoms with Crippen molar-refractivity contribution in [3.63, 3.8) is 0 Å². The number of hydrogen-bond donors (Lipinski definition) is 3. The minimum atomic E-state index is -1.10. The number of anilines is 1. The maximum Gasteiger partial charge on any atom is 0.338 e. The molecule has 0 saturated heterocycles. The SMILES string of the molecule is CCN(CC(N)=O)C(=O)Nc1sc(C)c(C)c1C(=O)O. The number of carbonyl (C=O) groups excluding carboxylic acids is 2. The fourth-order valence-corrected chi connectivity index (χ4v) is 2.71. The van der Waals surface area contributed by atoms with Crippen LogP contribution in [0.15, 0.2) is 0 Å². The van der Waals surface area contributed by atoms with Crippen LogP contribution >= 0.6 is 11.3 Å². The largest absolute Gasteiger partial charge is 0.478 e. The van der Waals surface area contributed by atoms with Crippen molar-refractivity contribution in [3.8, 4) is 0 Å². The van der Waals surface area contributed by atoms with Crippen LogP contribution in [0.1, 0.15) is 27.7 Å². The molecule has 0 atom stereocenters. The molecule has 4 N–H and O–H groups in total. The van der Waals surface area contributed by atoms with E-state index in [2.05, 4.69) is 5.32 Å². The molecule has 1 rings (SSSR count). The van der Waals surface area contributed by atoms with Crippen molar-refractivity contribution in [2.45, 2.75) is 20.8 Å². The molecule has 0 radical (unpaired) electrons. The Balaban J connectivity index is 2.98. The highest BCUT2D eigenvalue weighted by Gasteiger charge is 2.22. The normalized spacial score (nSPS) is 10.2. The van der Waals surface area contributed by atoms with Gasteiger partial charge in [0, 0.05) is 11.4 Å². The number of nitrogens with two attached hydrogens (primary N) is 1. The number of carboxylic acids is 1. The van der Waals surface area contributed by atoms with E-state index in [4.69, 9.17) is 5.73 Å². The first-order valence-electron chi connectivity index (χ1n) is 5.95. The van der Waals surface area contributed by atoms with Gasteiger partial charge in [-0.1, -0.05) is 0 Å². The molecule has 110 valence electrons. The Morgan fingerprint density at radius 3 is 2.40 bits per heavy atom. The summed E-state index contributed by atoms with van der Waals surface area (Å²) in [7, 11) is 0. The lowest BCUT2D eigenvalue weighted by Gasteiger charge is -2.19. The van der Waals surface area contributed by atoms with Gasteiger partial charge in [-0.15, -0.1) is 11.3 Å². The number of likely N-dealkylation sites (N-methyl/N-ethyl adjacent to an activating group) is 1. The van der Waals surface area contributed by atoms with E-state index in [9.17, 15) is 19.5 Å². The van der Waals surface area contributed by atoms with E-state index < -0.39 is 17.9 Å². The van der Waals surface area contributed by atoms with E-state index in [1.165, 1.54) is 16.2 Å². The van der Waals surface area contributed by atoms with E-state index in [-0.39, 0.29) is 17.1 Å². The molecule has 0 aliphatic rings. The molecule has 20 heavy (non-hydrogen) atoms. The molecule has 8 heteroatoms. The Hall–Kier alpha value is -2.09. The van der Waals surface area contributed by atoms with Crippen LogP contribution in [0.3, 0.4) is 0 Å². The lowest BCUT2D eigenvalue weighted by Crippen LogP contribution is -2.40. The van der Waals surface area contributed by atoms with Crippen LogP contribution in [-0.2, 0) is 4.79 Å². The summed E-state index contributed by atoms with van der Waals surface area (Å²) in [4.78, 5) is 36.1. The molecule has 0 spiro atoms. The quantitative estimate of drug-likeness (QED) is 0.762. The molecule has 1 aromatic rings. The Kier molecular flexibility index (Phi) is 5.09. The molecule has 1 heterocycles. The molecule has 0 aromatic carbocycles. The zero-order valence-corrected chi connectivity index (χ0v) is 12.3. The molecule has 0 unspecified atom stereocenters. The lowest BCUT2D eigenvalue weighted by atomic mass is 10.1. The van der Waals surface area contributed by atoms with Crippen LogP contribution in [0.4, 0.5) is 9.80 Å². The van der Waals surface area contributed by atoms with Gasteiger partial charge >= 0.3 is 12.0 Å². The molecule has 7 nitrogen and oxygen atoms in total. The summed E-state index contributed by atoms with van der Waals surface area (Å²) in [5, 5.41) is 12.0. The summed E-state index contributed by atoms with van der Waals surface area (Å²) >= 11 is 1.19. The van der Waals surface area contributed by atoms with Crippen molar-refractivity contribution in [2.24, 2.45) is 5.73 Å². The van der Waals surface area contributed by atoms with Gasteiger partial charge in [-0.2, -0.15) is 0 Å². The van der Waals surface area contributed by atoms with E-state index in [1.54, 1.807) is 20.8 Å². The van der Waals surface area contributed by atoms with Crippen molar-refractivity contribution < 1.29 is 19.5 Å². The lowest BCUT2D eigenvalue weighted by molar-refractivity contribution is -0.118.